The van der Waals surface area contributed by atoms with E-state index in [1.807, 2.05) is 50.2 Å². The van der Waals surface area contributed by atoms with Gasteiger partial charge in [-0.2, -0.15) is 0 Å². The van der Waals surface area contributed by atoms with Crippen molar-refractivity contribution in [2.75, 3.05) is 0 Å². The molecule has 0 aliphatic heterocycles. The number of carbonyl (C=O) groups excluding carboxylic acids is 1. The molecule has 0 radical (unpaired) electrons. The van der Waals surface area contributed by atoms with Crippen molar-refractivity contribution in [1.29, 1.82) is 0 Å². The molecule has 3 rings (SSSR count). The summed E-state index contributed by atoms with van der Waals surface area (Å²) in [6.07, 6.45) is 0. The molecule has 0 unspecified atom stereocenters. The molecule has 5 nitrogen and oxygen atoms in total. The van der Waals surface area contributed by atoms with Crippen molar-refractivity contribution < 1.29 is 4.79 Å². The van der Waals surface area contributed by atoms with Gasteiger partial charge < -0.3 is 10.3 Å². The van der Waals surface area contributed by atoms with Gasteiger partial charge in [-0.05, 0) is 38.1 Å². The van der Waals surface area contributed by atoms with Crippen molar-refractivity contribution in [3.05, 3.63) is 59.7 Å². The maximum absolute atomic E-state index is 12.2. The smallest absolute Gasteiger partial charge is 0.270 e. The summed E-state index contributed by atoms with van der Waals surface area (Å²) in [5.74, 6) is 0.531. The molecular weight excluding hydrogens is 264 g/mol. The topological polar surface area (TPSA) is 70.7 Å². The van der Waals surface area contributed by atoms with Crippen molar-refractivity contribution in [3.63, 3.8) is 0 Å². The Morgan fingerprint density at radius 2 is 1.95 bits per heavy atom. The van der Waals surface area contributed by atoms with Crippen LogP contribution in [0.4, 0.5) is 0 Å². The number of hydrogen-bond donors (Lipinski definition) is 2. The first-order valence-corrected chi connectivity index (χ1v) is 6.82. The van der Waals surface area contributed by atoms with Crippen LogP contribution in [-0.2, 0) is 0 Å². The summed E-state index contributed by atoms with van der Waals surface area (Å²) in [6.45, 7) is 3.75. The van der Waals surface area contributed by atoms with Crippen LogP contribution >= 0.6 is 0 Å². The fraction of sp³-hybridized carbons (Fsp3) is 0.188. The van der Waals surface area contributed by atoms with Gasteiger partial charge in [0.25, 0.3) is 5.91 Å². The number of imidazole rings is 1. The zero-order valence-corrected chi connectivity index (χ0v) is 11.9. The van der Waals surface area contributed by atoms with Crippen molar-refractivity contribution in [2.45, 2.75) is 19.9 Å². The predicted octanol–water partition coefficient (Wildman–Crippen LogP) is 2.76. The van der Waals surface area contributed by atoms with Gasteiger partial charge in [-0.1, -0.05) is 18.2 Å². The minimum Gasteiger partial charge on any atom is -0.341 e. The first-order valence-electron chi connectivity index (χ1n) is 6.82. The van der Waals surface area contributed by atoms with Gasteiger partial charge in [-0.25, -0.2) is 9.97 Å². The minimum atomic E-state index is -0.216. The molecular formula is C16H16N4O. The predicted molar refractivity (Wildman–Crippen MR) is 80.9 cm³/mol. The molecule has 0 fully saturated rings. The number of aromatic amines is 1. The molecule has 3 aromatic rings. The van der Waals surface area contributed by atoms with Crippen LogP contribution in [0.15, 0.2) is 42.5 Å². The van der Waals surface area contributed by atoms with E-state index >= 15 is 0 Å². The van der Waals surface area contributed by atoms with E-state index in [0.717, 1.165) is 22.6 Å². The molecule has 2 N–H and O–H groups in total. The Bertz CT molecular complexity index is 761. The van der Waals surface area contributed by atoms with Crippen molar-refractivity contribution >= 4 is 16.9 Å². The Kier molecular flexibility index (Phi) is 3.39. The lowest BCUT2D eigenvalue weighted by molar-refractivity contribution is 0.0933. The summed E-state index contributed by atoms with van der Waals surface area (Å²) in [5.41, 5.74) is 3.08. The number of aromatic nitrogens is 3. The van der Waals surface area contributed by atoms with Crippen LogP contribution in [0.1, 0.15) is 35.0 Å². The van der Waals surface area contributed by atoms with Gasteiger partial charge in [0.05, 0.1) is 17.1 Å². The lowest BCUT2D eigenvalue weighted by Gasteiger charge is -2.11. The van der Waals surface area contributed by atoms with Crippen LogP contribution < -0.4 is 5.32 Å². The second-order valence-electron chi connectivity index (χ2n) is 5.00. The highest BCUT2D eigenvalue weighted by Gasteiger charge is 2.15. The van der Waals surface area contributed by atoms with E-state index in [4.69, 9.17) is 0 Å². The van der Waals surface area contributed by atoms with Crippen LogP contribution in [0, 0.1) is 6.92 Å². The van der Waals surface area contributed by atoms with E-state index < -0.39 is 0 Å². The van der Waals surface area contributed by atoms with Gasteiger partial charge in [0.2, 0.25) is 0 Å². The number of hydrogen-bond acceptors (Lipinski definition) is 3. The molecule has 5 heteroatoms. The number of aryl methyl sites for hydroxylation is 1. The number of amides is 1. The van der Waals surface area contributed by atoms with Gasteiger partial charge in [-0.3, -0.25) is 4.79 Å². The Balaban J connectivity index is 1.79. The van der Waals surface area contributed by atoms with Gasteiger partial charge in [0, 0.05) is 5.69 Å². The van der Waals surface area contributed by atoms with Crippen LogP contribution in [-0.4, -0.2) is 20.9 Å². The monoisotopic (exact) mass is 280 g/mol. The number of H-pyrrole nitrogens is 1. The summed E-state index contributed by atoms with van der Waals surface area (Å²) in [4.78, 5) is 24.1. The summed E-state index contributed by atoms with van der Waals surface area (Å²) in [5, 5.41) is 2.91. The SMILES string of the molecule is Cc1cccc(C(=O)N[C@H](C)c2nc3ccccc3[nH]2)n1. The summed E-state index contributed by atoms with van der Waals surface area (Å²) < 4.78 is 0. The second-order valence-corrected chi connectivity index (χ2v) is 5.00. The third-order valence-electron chi connectivity index (χ3n) is 3.29. The number of nitrogens with zero attached hydrogens (tertiary/aromatic N) is 2. The van der Waals surface area contributed by atoms with Gasteiger partial charge in [0.15, 0.2) is 0 Å². The summed E-state index contributed by atoms with van der Waals surface area (Å²) in [6, 6.07) is 13.0. The largest absolute Gasteiger partial charge is 0.341 e. The number of benzene rings is 1. The number of carbonyl (C=O) groups is 1. The Labute approximate surface area is 122 Å². The molecule has 0 aliphatic rings. The van der Waals surface area contributed by atoms with Crippen molar-refractivity contribution in [1.82, 2.24) is 20.3 Å². The molecule has 1 amide bonds. The van der Waals surface area contributed by atoms with Crippen LogP contribution in [0.3, 0.4) is 0 Å². The van der Waals surface area contributed by atoms with E-state index in [-0.39, 0.29) is 11.9 Å². The third-order valence-corrected chi connectivity index (χ3v) is 3.29. The van der Waals surface area contributed by atoms with Crippen molar-refractivity contribution in [2.24, 2.45) is 0 Å². The normalized spacial score (nSPS) is 12.3. The Morgan fingerprint density at radius 1 is 1.14 bits per heavy atom. The summed E-state index contributed by atoms with van der Waals surface area (Å²) in [7, 11) is 0. The molecule has 2 heterocycles. The van der Waals surface area contributed by atoms with Crippen LogP contribution in [0.25, 0.3) is 11.0 Å². The quantitative estimate of drug-likeness (QED) is 0.775. The Hall–Kier alpha value is -2.69. The molecule has 21 heavy (non-hydrogen) atoms. The fourth-order valence-electron chi connectivity index (χ4n) is 2.19. The molecule has 0 saturated carbocycles. The summed E-state index contributed by atoms with van der Waals surface area (Å²) >= 11 is 0. The maximum Gasteiger partial charge on any atom is 0.270 e. The van der Waals surface area contributed by atoms with Gasteiger partial charge in [0.1, 0.15) is 11.5 Å². The molecule has 0 saturated heterocycles. The highest BCUT2D eigenvalue weighted by molar-refractivity contribution is 5.92. The zero-order chi connectivity index (χ0) is 14.8. The highest BCUT2D eigenvalue weighted by atomic mass is 16.1. The average Bonchev–Trinajstić information content (AvgIpc) is 2.91. The fourth-order valence-corrected chi connectivity index (χ4v) is 2.19. The van der Waals surface area contributed by atoms with E-state index in [0.29, 0.717) is 5.69 Å². The zero-order valence-electron chi connectivity index (χ0n) is 11.9. The molecule has 0 aliphatic carbocycles. The second kappa shape index (κ2) is 5.36. The standard InChI is InChI=1S/C16H16N4O/c1-10-6-5-9-14(17-10)16(21)18-11(2)15-19-12-7-3-4-8-13(12)20-15/h3-9,11H,1-2H3,(H,18,21)(H,19,20)/t11-/m1/s1. The number of pyridine rings is 1. The van der Waals surface area contributed by atoms with Crippen LogP contribution in [0.5, 0.6) is 0 Å². The molecule has 0 bridgehead atoms. The lowest BCUT2D eigenvalue weighted by atomic mass is 10.2. The Morgan fingerprint density at radius 3 is 2.71 bits per heavy atom. The number of para-hydroxylation sites is 2. The number of fused-ring (bicyclic) bond motifs is 1. The third kappa shape index (κ3) is 2.76. The van der Waals surface area contributed by atoms with Crippen LogP contribution in [0.2, 0.25) is 0 Å². The first kappa shape index (κ1) is 13.3. The van der Waals surface area contributed by atoms with Gasteiger partial charge in [-0.15, -0.1) is 0 Å². The van der Waals surface area contributed by atoms with E-state index in [2.05, 4.69) is 20.3 Å². The molecule has 2 aromatic heterocycles. The average molecular weight is 280 g/mol. The highest BCUT2D eigenvalue weighted by Crippen LogP contribution is 2.15. The number of rotatable bonds is 3. The molecule has 106 valence electrons. The van der Waals surface area contributed by atoms with Gasteiger partial charge >= 0.3 is 0 Å². The molecule has 0 spiro atoms. The minimum absolute atomic E-state index is 0.202. The first-order chi connectivity index (χ1) is 10.1. The van der Waals surface area contributed by atoms with E-state index in [1.165, 1.54) is 0 Å². The van der Waals surface area contributed by atoms with E-state index in [9.17, 15) is 4.79 Å². The molecule has 1 aromatic carbocycles. The van der Waals surface area contributed by atoms with E-state index in [1.54, 1.807) is 6.07 Å². The van der Waals surface area contributed by atoms with Crippen molar-refractivity contribution in [3.8, 4) is 0 Å². The maximum atomic E-state index is 12.2. The lowest BCUT2D eigenvalue weighted by Crippen LogP contribution is -2.28. The number of nitrogens with one attached hydrogen (secondary N) is 2. The molecule has 1 atom stereocenters.